The largest absolute Gasteiger partial charge is 0.477 e. The normalized spacial score (nSPS) is 21.0. The van der Waals surface area contributed by atoms with Crippen LogP contribution < -0.4 is 10.6 Å². The van der Waals surface area contributed by atoms with Gasteiger partial charge in [0.15, 0.2) is 10.8 Å². The number of aromatic nitrogens is 5. The predicted octanol–water partition coefficient (Wildman–Crippen LogP) is 1.36. The number of alkyl halides is 3. The van der Waals surface area contributed by atoms with E-state index in [-0.39, 0.29) is 29.0 Å². The first-order valence-electron chi connectivity index (χ1n) is 12.6. The zero-order valence-corrected chi connectivity index (χ0v) is 24.5. The Labute approximate surface area is 252 Å². The van der Waals surface area contributed by atoms with Gasteiger partial charge in [0.25, 0.3) is 11.8 Å². The molecule has 2 atom stereocenters. The van der Waals surface area contributed by atoms with Gasteiger partial charge in [-0.1, -0.05) is 16.9 Å². The summed E-state index contributed by atoms with van der Waals surface area (Å²) in [6.07, 6.45) is -2.25. The number of nitrogens with zero attached hydrogens (tertiary/aromatic N) is 7. The first-order valence-corrected chi connectivity index (χ1v) is 15.5. The molecule has 4 heterocycles. The highest BCUT2D eigenvalue weighted by molar-refractivity contribution is 8.01. The number of nitrogens with one attached hydrogen (secondary N) is 2. The van der Waals surface area contributed by atoms with Crippen molar-refractivity contribution in [3.8, 4) is 0 Å². The minimum atomic E-state index is -5.14. The van der Waals surface area contributed by atoms with Crippen LogP contribution in [-0.4, -0.2) is 99.8 Å². The molecule has 2 aromatic rings. The molecule has 0 bridgehead atoms. The van der Waals surface area contributed by atoms with Crippen molar-refractivity contribution in [1.29, 1.82) is 0 Å². The molecule has 43 heavy (non-hydrogen) atoms. The van der Waals surface area contributed by atoms with Crippen molar-refractivity contribution in [3.05, 3.63) is 22.3 Å². The van der Waals surface area contributed by atoms with E-state index in [1.54, 1.807) is 12.4 Å². The number of thioether (sulfide) groups is 2. The number of carboxylic acid groups (broad SMARTS) is 1. The van der Waals surface area contributed by atoms with Crippen LogP contribution in [0.3, 0.4) is 0 Å². The van der Waals surface area contributed by atoms with Gasteiger partial charge < -0.3 is 15.3 Å². The third-order valence-corrected chi connectivity index (χ3v) is 9.72. The summed E-state index contributed by atoms with van der Waals surface area (Å²) in [5.41, 5.74) is -0.305. The third kappa shape index (κ3) is 6.61. The minimum absolute atomic E-state index is 0.179. The van der Waals surface area contributed by atoms with Crippen LogP contribution in [0.4, 0.5) is 18.3 Å². The molecule has 1 unspecified atom stereocenters. The summed E-state index contributed by atoms with van der Waals surface area (Å²) in [5.74, 6) is -4.66. The maximum atomic E-state index is 13.4. The number of carbonyl (C=O) groups excluding carboxylic acids is 3. The van der Waals surface area contributed by atoms with Crippen molar-refractivity contribution in [2.45, 2.75) is 54.5 Å². The van der Waals surface area contributed by atoms with Gasteiger partial charge in [-0.05, 0) is 41.7 Å². The molecule has 1 aliphatic carbocycles. The lowest BCUT2D eigenvalue weighted by Gasteiger charge is -2.49. The Kier molecular flexibility index (Phi) is 8.92. The Morgan fingerprint density at radius 2 is 2.02 bits per heavy atom. The molecule has 2 aliphatic heterocycles. The van der Waals surface area contributed by atoms with E-state index >= 15 is 0 Å². The van der Waals surface area contributed by atoms with Crippen LogP contribution in [0.5, 0.6) is 0 Å². The summed E-state index contributed by atoms with van der Waals surface area (Å²) in [4.78, 5) is 60.5. The smallest absolute Gasteiger partial charge is 0.471 e. The lowest BCUT2D eigenvalue weighted by Crippen LogP contribution is -2.71. The van der Waals surface area contributed by atoms with Crippen LogP contribution in [0.25, 0.3) is 0 Å². The van der Waals surface area contributed by atoms with Crippen LogP contribution >= 0.6 is 34.9 Å². The number of carbonyl (C=O) groups is 4. The summed E-state index contributed by atoms with van der Waals surface area (Å²) < 4.78 is 39.5. The number of hydrogen-bond donors (Lipinski definition) is 3. The summed E-state index contributed by atoms with van der Waals surface area (Å²) >= 11 is 3.09. The maximum Gasteiger partial charge on any atom is 0.471 e. The van der Waals surface area contributed by atoms with Gasteiger partial charge in [-0.15, -0.1) is 28.2 Å². The summed E-state index contributed by atoms with van der Waals surface area (Å²) in [7, 11) is 1.63. The zero-order chi connectivity index (χ0) is 30.9. The lowest BCUT2D eigenvalue weighted by atomic mass is 10.0. The first-order chi connectivity index (χ1) is 20.4. The highest BCUT2D eigenvalue weighted by Crippen LogP contribution is 2.41. The second-order valence-electron chi connectivity index (χ2n) is 9.43. The van der Waals surface area contributed by atoms with Crippen molar-refractivity contribution >= 4 is 69.4 Å². The molecule has 1 saturated heterocycles. The number of tetrazole rings is 1. The molecular formula is C22H22F3N9O6S3. The van der Waals surface area contributed by atoms with Crippen LogP contribution in [0.2, 0.25) is 0 Å². The molecule has 0 aromatic carbocycles. The van der Waals surface area contributed by atoms with E-state index < -0.39 is 52.1 Å². The number of halogens is 3. The number of aryl methyl sites for hydroxylation is 1. The zero-order valence-electron chi connectivity index (χ0n) is 22.0. The van der Waals surface area contributed by atoms with E-state index in [1.165, 1.54) is 33.6 Å². The van der Waals surface area contributed by atoms with Crippen molar-refractivity contribution in [3.63, 3.8) is 0 Å². The molecule has 2 aromatic heterocycles. The fourth-order valence-corrected chi connectivity index (χ4v) is 7.46. The van der Waals surface area contributed by atoms with Gasteiger partial charge in [0, 0.05) is 23.9 Å². The Hall–Kier alpha value is -3.72. The number of thiazole rings is 1. The minimum Gasteiger partial charge on any atom is -0.477 e. The van der Waals surface area contributed by atoms with Crippen molar-refractivity contribution in [2.75, 3.05) is 16.8 Å². The van der Waals surface area contributed by atoms with E-state index in [4.69, 9.17) is 4.84 Å². The maximum absolute atomic E-state index is 13.4. The number of β-lactam (4-membered cyclic amide) rings is 1. The number of rotatable bonds is 10. The lowest BCUT2D eigenvalue weighted by molar-refractivity contribution is -0.167. The number of amides is 3. The average Bonchev–Trinajstić information content (AvgIpc) is 3.73. The molecule has 21 heteroatoms. The molecule has 3 N–H and O–H groups in total. The fraction of sp³-hybridized carbons (Fsp3) is 0.500. The monoisotopic (exact) mass is 661 g/mol. The van der Waals surface area contributed by atoms with E-state index in [9.17, 15) is 37.5 Å². The van der Waals surface area contributed by atoms with Crippen LogP contribution in [-0.2, 0) is 31.1 Å². The van der Waals surface area contributed by atoms with Crippen LogP contribution in [0.1, 0.15) is 31.4 Å². The third-order valence-electron chi connectivity index (χ3n) is 6.53. The number of fused-ring (bicyclic) bond motifs is 1. The van der Waals surface area contributed by atoms with E-state index in [2.05, 4.69) is 31.0 Å². The van der Waals surface area contributed by atoms with E-state index in [1.807, 2.05) is 0 Å². The number of carboxylic acids is 1. The van der Waals surface area contributed by atoms with Crippen LogP contribution in [0.15, 0.2) is 27.0 Å². The molecule has 0 spiro atoms. The molecule has 2 fully saturated rings. The van der Waals surface area contributed by atoms with Gasteiger partial charge in [0.2, 0.25) is 5.16 Å². The molecule has 5 rings (SSSR count). The molecule has 230 valence electrons. The first kappa shape index (κ1) is 30.7. The molecule has 3 amide bonds. The van der Waals surface area contributed by atoms with E-state index in [0.717, 1.165) is 17.7 Å². The van der Waals surface area contributed by atoms with Crippen molar-refractivity contribution < 1.29 is 42.3 Å². The molecule has 3 aliphatic rings. The standard InChI is InChI=1S/C22H22F3N9O6S3/c1-33-21(29-31-32-33)43-7-9-6-41-17-13(16(36)34(17)14(9)18(37)38)27-15(35)12(30-40-10-4-2-3-5-10)11-8-42-20(26-11)28-19(39)22(23,24)25/h8,10,13,17H,2-7H2,1H3,(H,27,35)(H,37,38)(H,26,28,39)/t13?,17-/m0/s1. The number of hydrogen-bond acceptors (Lipinski definition) is 13. The molecule has 1 saturated carbocycles. The summed E-state index contributed by atoms with van der Waals surface area (Å²) in [6.45, 7) is 0. The van der Waals surface area contributed by atoms with Gasteiger partial charge in [-0.25, -0.2) is 14.5 Å². The number of oxime groups is 1. The number of anilines is 1. The Morgan fingerprint density at radius 1 is 1.28 bits per heavy atom. The van der Waals surface area contributed by atoms with Crippen molar-refractivity contribution in [1.82, 2.24) is 35.4 Å². The number of aliphatic carboxylic acids is 1. The Morgan fingerprint density at radius 3 is 2.67 bits per heavy atom. The SMILES string of the molecule is Cn1nnnc1SCC1=C(C(=O)O)N2C(=O)C(NC(=O)C(=NOC3CCCC3)c3csc(NC(=O)C(F)(F)F)n3)[C@@H]2SC1. The van der Waals surface area contributed by atoms with Gasteiger partial charge >= 0.3 is 18.1 Å². The summed E-state index contributed by atoms with van der Waals surface area (Å²) in [5, 5.41) is 29.6. The molecular weight excluding hydrogens is 639 g/mol. The second-order valence-corrected chi connectivity index (χ2v) is 12.3. The highest BCUT2D eigenvalue weighted by atomic mass is 32.2. The van der Waals surface area contributed by atoms with Gasteiger partial charge in [-0.3, -0.25) is 24.6 Å². The fourth-order valence-electron chi connectivity index (χ4n) is 4.43. The van der Waals surface area contributed by atoms with Crippen LogP contribution in [0, 0.1) is 0 Å². The van der Waals surface area contributed by atoms with Gasteiger partial charge in [-0.2, -0.15) is 13.2 Å². The van der Waals surface area contributed by atoms with E-state index in [0.29, 0.717) is 34.9 Å². The predicted molar refractivity (Wildman–Crippen MR) is 146 cm³/mol. The average molecular weight is 662 g/mol. The van der Waals surface area contributed by atoms with Gasteiger partial charge in [0.05, 0.1) is 0 Å². The second kappa shape index (κ2) is 12.5. The molecule has 15 nitrogen and oxygen atoms in total. The van der Waals surface area contributed by atoms with Gasteiger partial charge in [0.1, 0.15) is 28.9 Å². The highest BCUT2D eigenvalue weighted by Gasteiger charge is 2.54. The Balaban J connectivity index is 1.31. The topological polar surface area (TPSA) is 194 Å². The van der Waals surface area contributed by atoms with Crippen molar-refractivity contribution in [2.24, 2.45) is 12.2 Å². The summed E-state index contributed by atoms with van der Waals surface area (Å²) in [6, 6.07) is -1.12. The molecule has 0 radical (unpaired) electrons. The quantitative estimate of drug-likeness (QED) is 0.144. The Bertz CT molecular complexity index is 1500.